The summed E-state index contributed by atoms with van der Waals surface area (Å²) < 4.78 is 1.89. The van der Waals surface area contributed by atoms with Crippen molar-refractivity contribution in [2.45, 2.75) is 6.92 Å². The monoisotopic (exact) mass is 236 g/mol. The standard InChI is InChI=1S/C11H13ClN4/c1-7-4-5-8(6-9(7)12)10-14-15-11(13-2)16(10)3/h4-6H,1-3H3,(H,13,15). The molecule has 1 aromatic heterocycles. The number of anilines is 1. The van der Waals surface area contributed by atoms with E-state index in [4.69, 9.17) is 11.6 Å². The number of benzene rings is 1. The molecule has 5 heteroatoms. The quantitative estimate of drug-likeness (QED) is 0.871. The second kappa shape index (κ2) is 4.14. The molecule has 0 unspecified atom stereocenters. The van der Waals surface area contributed by atoms with Gasteiger partial charge in [0.25, 0.3) is 0 Å². The lowest BCUT2D eigenvalue weighted by Crippen LogP contribution is -1.99. The van der Waals surface area contributed by atoms with Crippen LogP contribution in [-0.4, -0.2) is 21.8 Å². The minimum atomic E-state index is 0.728. The van der Waals surface area contributed by atoms with Crippen LogP contribution in [0.1, 0.15) is 5.56 Å². The highest BCUT2D eigenvalue weighted by atomic mass is 35.5. The number of hydrogen-bond donors (Lipinski definition) is 1. The summed E-state index contributed by atoms with van der Waals surface area (Å²) in [7, 11) is 3.73. The van der Waals surface area contributed by atoms with Crippen molar-refractivity contribution in [2.24, 2.45) is 7.05 Å². The summed E-state index contributed by atoms with van der Waals surface area (Å²) in [5.74, 6) is 1.53. The lowest BCUT2D eigenvalue weighted by Gasteiger charge is -2.04. The van der Waals surface area contributed by atoms with Crippen LogP contribution in [0.5, 0.6) is 0 Å². The molecule has 4 nitrogen and oxygen atoms in total. The smallest absolute Gasteiger partial charge is 0.224 e. The van der Waals surface area contributed by atoms with Gasteiger partial charge in [-0.05, 0) is 18.6 Å². The molecular formula is C11H13ClN4. The normalized spacial score (nSPS) is 10.5. The van der Waals surface area contributed by atoms with Gasteiger partial charge in [0.05, 0.1) is 0 Å². The molecule has 1 aromatic carbocycles. The summed E-state index contributed by atoms with van der Waals surface area (Å²) in [6, 6.07) is 5.87. The van der Waals surface area contributed by atoms with Crippen LogP contribution < -0.4 is 5.32 Å². The van der Waals surface area contributed by atoms with E-state index in [-0.39, 0.29) is 0 Å². The van der Waals surface area contributed by atoms with Gasteiger partial charge in [-0.1, -0.05) is 23.7 Å². The van der Waals surface area contributed by atoms with Gasteiger partial charge in [-0.15, -0.1) is 10.2 Å². The first kappa shape index (κ1) is 11.0. The summed E-state index contributed by atoms with van der Waals surface area (Å²) in [5.41, 5.74) is 2.02. The maximum absolute atomic E-state index is 6.08. The molecule has 0 aliphatic heterocycles. The fourth-order valence-corrected chi connectivity index (χ4v) is 1.71. The molecule has 0 amide bonds. The Morgan fingerprint density at radius 3 is 2.62 bits per heavy atom. The molecule has 0 radical (unpaired) electrons. The predicted octanol–water partition coefficient (Wildman–Crippen LogP) is 2.49. The summed E-state index contributed by atoms with van der Waals surface area (Å²) in [6.07, 6.45) is 0. The van der Waals surface area contributed by atoms with Crippen molar-refractivity contribution in [3.8, 4) is 11.4 Å². The molecule has 0 saturated heterocycles. The van der Waals surface area contributed by atoms with Crippen LogP contribution in [0.3, 0.4) is 0 Å². The molecule has 0 aliphatic carbocycles. The SMILES string of the molecule is CNc1nnc(-c2ccc(C)c(Cl)c2)n1C. The Labute approximate surface area is 99.3 Å². The highest BCUT2D eigenvalue weighted by molar-refractivity contribution is 6.31. The van der Waals surface area contributed by atoms with Crippen molar-refractivity contribution < 1.29 is 0 Å². The van der Waals surface area contributed by atoms with Crippen molar-refractivity contribution >= 4 is 17.5 Å². The first-order chi connectivity index (χ1) is 7.63. The fraction of sp³-hybridized carbons (Fsp3) is 0.273. The van der Waals surface area contributed by atoms with Gasteiger partial charge in [0, 0.05) is 24.7 Å². The molecule has 0 aliphatic rings. The zero-order valence-electron chi connectivity index (χ0n) is 9.45. The second-order valence-corrected chi connectivity index (χ2v) is 4.03. The lowest BCUT2D eigenvalue weighted by atomic mass is 10.1. The minimum absolute atomic E-state index is 0.728. The van der Waals surface area contributed by atoms with Gasteiger partial charge in [-0.25, -0.2) is 0 Å². The van der Waals surface area contributed by atoms with E-state index in [9.17, 15) is 0 Å². The molecule has 0 atom stereocenters. The first-order valence-corrected chi connectivity index (χ1v) is 5.35. The average molecular weight is 237 g/mol. The largest absolute Gasteiger partial charge is 0.357 e. The number of aromatic nitrogens is 3. The summed E-state index contributed by atoms with van der Waals surface area (Å²) in [6.45, 7) is 1.97. The van der Waals surface area contributed by atoms with Gasteiger partial charge in [-0.2, -0.15) is 0 Å². The van der Waals surface area contributed by atoms with Crippen LogP contribution in [0.15, 0.2) is 18.2 Å². The molecule has 0 bridgehead atoms. The van der Waals surface area contributed by atoms with E-state index in [2.05, 4.69) is 15.5 Å². The molecule has 2 aromatic rings. The number of rotatable bonds is 2. The third-order valence-electron chi connectivity index (χ3n) is 2.53. The number of halogens is 1. The van der Waals surface area contributed by atoms with Gasteiger partial charge in [0.2, 0.25) is 5.95 Å². The van der Waals surface area contributed by atoms with Crippen molar-refractivity contribution in [1.82, 2.24) is 14.8 Å². The van der Waals surface area contributed by atoms with E-state index >= 15 is 0 Å². The van der Waals surface area contributed by atoms with Crippen LogP contribution in [0.2, 0.25) is 5.02 Å². The number of nitrogens with one attached hydrogen (secondary N) is 1. The van der Waals surface area contributed by atoms with Gasteiger partial charge in [0.1, 0.15) is 0 Å². The van der Waals surface area contributed by atoms with E-state index in [0.29, 0.717) is 0 Å². The zero-order chi connectivity index (χ0) is 11.7. The molecular weight excluding hydrogens is 224 g/mol. The molecule has 84 valence electrons. The van der Waals surface area contributed by atoms with Crippen molar-refractivity contribution in [3.63, 3.8) is 0 Å². The maximum atomic E-state index is 6.08. The fourth-order valence-electron chi connectivity index (χ4n) is 1.53. The Kier molecular flexibility index (Phi) is 2.83. The lowest BCUT2D eigenvalue weighted by molar-refractivity contribution is 0.925. The summed E-state index contributed by atoms with van der Waals surface area (Å²) in [4.78, 5) is 0. The van der Waals surface area contributed by atoms with Crippen molar-refractivity contribution in [1.29, 1.82) is 0 Å². The van der Waals surface area contributed by atoms with Crippen LogP contribution in [0.4, 0.5) is 5.95 Å². The van der Waals surface area contributed by atoms with Gasteiger partial charge >= 0.3 is 0 Å². The highest BCUT2D eigenvalue weighted by Gasteiger charge is 2.10. The van der Waals surface area contributed by atoms with E-state index in [1.807, 2.05) is 43.8 Å². The Morgan fingerprint density at radius 2 is 2.06 bits per heavy atom. The summed E-state index contributed by atoms with van der Waals surface area (Å²) in [5, 5.41) is 11.9. The van der Waals surface area contributed by atoms with E-state index in [1.165, 1.54) is 0 Å². The third-order valence-corrected chi connectivity index (χ3v) is 2.94. The van der Waals surface area contributed by atoms with E-state index in [1.54, 1.807) is 0 Å². The summed E-state index contributed by atoms with van der Waals surface area (Å²) >= 11 is 6.08. The van der Waals surface area contributed by atoms with E-state index in [0.717, 1.165) is 27.9 Å². The van der Waals surface area contributed by atoms with Gasteiger partial charge in [0.15, 0.2) is 5.82 Å². The number of hydrogen-bond acceptors (Lipinski definition) is 3. The molecule has 0 fully saturated rings. The Bertz CT molecular complexity index is 519. The van der Waals surface area contributed by atoms with Crippen molar-refractivity contribution in [2.75, 3.05) is 12.4 Å². The van der Waals surface area contributed by atoms with Crippen LogP contribution >= 0.6 is 11.6 Å². The molecule has 2 rings (SSSR count). The first-order valence-electron chi connectivity index (χ1n) is 4.97. The van der Waals surface area contributed by atoms with Gasteiger partial charge < -0.3 is 5.32 Å². The molecule has 1 N–H and O–H groups in total. The minimum Gasteiger partial charge on any atom is -0.357 e. The molecule has 16 heavy (non-hydrogen) atoms. The highest BCUT2D eigenvalue weighted by Crippen LogP contribution is 2.24. The number of aryl methyl sites for hydroxylation is 1. The van der Waals surface area contributed by atoms with Crippen LogP contribution in [0.25, 0.3) is 11.4 Å². The average Bonchev–Trinajstić information content (AvgIpc) is 2.64. The second-order valence-electron chi connectivity index (χ2n) is 3.62. The molecule has 0 spiro atoms. The van der Waals surface area contributed by atoms with Crippen LogP contribution in [-0.2, 0) is 7.05 Å². The zero-order valence-corrected chi connectivity index (χ0v) is 10.2. The van der Waals surface area contributed by atoms with Crippen LogP contribution in [0, 0.1) is 6.92 Å². The van der Waals surface area contributed by atoms with Crippen molar-refractivity contribution in [3.05, 3.63) is 28.8 Å². The Balaban J connectivity index is 2.50. The number of nitrogens with zero attached hydrogens (tertiary/aromatic N) is 3. The maximum Gasteiger partial charge on any atom is 0.224 e. The third kappa shape index (κ3) is 1.76. The Morgan fingerprint density at radius 1 is 1.31 bits per heavy atom. The molecule has 1 heterocycles. The Hall–Kier alpha value is -1.55. The van der Waals surface area contributed by atoms with Gasteiger partial charge in [-0.3, -0.25) is 4.57 Å². The molecule has 0 saturated carbocycles. The predicted molar refractivity (Wildman–Crippen MR) is 65.7 cm³/mol. The van der Waals surface area contributed by atoms with E-state index < -0.39 is 0 Å². The topological polar surface area (TPSA) is 42.7 Å².